The second-order valence-corrected chi connectivity index (χ2v) is 5.90. The van der Waals surface area contributed by atoms with Crippen molar-refractivity contribution >= 4 is 46.3 Å². The minimum atomic E-state index is -0.845. The van der Waals surface area contributed by atoms with Gasteiger partial charge in [0.15, 0.2) is 0 Å². The van der Waals surface area contributed by atoms with Crippen LogP contribution in [0.4, 0.5) is 5.69 Å². The van der Waals surface area contributed by atoms with Crippen molar-refractivity contribution < 1.29 is 9.59 Å². The number of rotatable bonds is 2. The summed E-state index contributed by atoms with van der Waals surface area (Å²) >= 11 is 11.0. The monoisotopic (exact) mass is 311 g/mol. The van der Waals surface area contributed by atoms with E-state index in [-0.39, 0.29) is 23.3 Å². The minimum absolute atomic E-state index is 0.0848. The predicted molar refractivity (Wildman–Crippen MR) is 81.9 cm³/mol. The molecule has 1 fully saturated rings. The number of nitrogens with zero attached hydrogens (tertiary/aromatic N) is 1. The van der Waals surface area contributed by atoms with Crippen molar-refractivity contribution in [2.24, 2.45) is 5.73 Å². The number of anilines is 1. The maximum atomic E-state index is 11.9. The van der Waals surface area contributed by atoms with Gasteiger partial charge in [0.05, 0.1) is 11.6 Å². The van der Waals surface area contributed by atoms with Crippen LogP contribution < -0.4 is 16.0 Å². The van der Waals surface area contributed by atoms with Crippen LogP contribution in [-0.4, -0.2) is 28.9 Å². The first-order chi connectivity index (χ1) is 9.23. The van der Waals surface area contributed by atoms with Crippen molar-refractivity contribution in [2.75, 3.05) is 11.4 Å². The molecule has 0 spiro atoms. The van der Waals surface area contributed by atoms with Crippen molar-refractivity contribution in [3.63, 3.8) is 0 Å². The zero-order valence-electron chi connectivity index (χ0n) is 11.1. The highest BCUT2D eigenvalue weighted by Gasteiger charge is 2.41. The maximum Gasteiger partial charge on any atom is 0.251 e. The molecule has 0 aliphatic carbocycles. The Hall–Kier alpha value is -1.66. The average Bonchev–Trinajstić information content (AvgIpc) is 2.33. The Morgan fingerprint density at radius 2 is 2.10 bits per heavy atom. The summed E-state index contributed by atoms with van der Waals surface area (Å²) in [5, 5.41) is 2.71. The smallest absolute Gasteiger partial charge is 0.251 e. The number of hydrogen-bond acceptors (Lipinski definition) is 4. The third-order valence-corrected chi connectivity index (χ3v) is 3.85. The molecule has 1 heterocycles. The fourth-order valence-electron chi connectivity index (χ4n) is 2.07. The summed E-state index contributed by atoms with van der Waals surface area (Å²) < 4.78 is 0. The van der Waals surface area contributed by atoms with Gasteiger partial charge in [-0.1, -0.05) is 23.8 Å². The molecule has 3 N–H and O–H groups in total. The SMILES string of the molecule is CC1(C)C(=O)NC(=O)CN1c1ccc(C(N)=S)c(Cl)c1. The molecular formula is C13H14ClN3O2S. The number of carbonyl (C=O) groups excluding carboxylic acids is 2. The number of carbonyl (C=O) groups is 2. The van der Waals surface area contributed by atoms with Crippen LogP contribution in [-0.2, 0) is 9.59 Å². The van der Waals surface area contributed by atoms with E-state index in [0.717, 1.165) is 0 Å². The van der Waals surface area contributed by atoms with Crippen LogP contribution in [0.15, 0.2) is 18.2 Å². The van der Waals surface area contributed by atoms with E-state index in [1.54, 1.807) is 36.9 Å². The van der Waals surface area contributed by atoms with Crippen molar-refractivity contribution in [3.8, 4) is 0 Å². The van der Waals surface area contributed by atoms with Crippen LogP contribution in [0.1, 0.15) is 19.4 Å². The highest BCUT2D eigenvalue weighted by atomic mass is 35.5. The van der Waals surface area contributed by atoms with E-state index < -0.39 is 5.54 Å². The lowest BCUT2D eigenvalue weighted by atomic mass is 9.97. The molecule has 0 radical (unpaired) electrons. The summed E-state index contributed by atoms with van der Waals surface area (Å²) in [6, 6.07) is 5.09. The summed E-state index contributed by atoms with van der Waals surface area (Å²) in [5.74, 6) is -0.688. The number of nitrogens with one attached hydrogen (secondary N) is 1. The Labute approximate surface area is 127 Å². The van der Waals surface area contributed by atoms with E-state index in [1.165, 1.54) is 0 Å². The fraction of sp³-hybridized carbons (Fsp3) is 0.308. The Morgan fingerprint density at radius 1 is 1.45 bits per heavy atom. The van der Waals surface area contributed by atoms with Gasteiger partial charge < -0.3 is 10.6 Å². The lowest BCUT2D eigenvalue weighted by molar-refractivity contribution is -0.135. The van der Waals surface area contributed by atoms with Crippen LogP contribution in [0.25, 0.3) is 0 Å². The average molecular weight is 312 g/mol. The second-order valence-electron chi connectivity index (χ2n) is 5.05. The number of benzene rings is 1. The van der Waals surface area contributed by atoms with Gasteiger partial charge in [-0.25, -0.2) is 0 Å². The molecule has 20 heavy (non-hydrogen) atoms. The fourth-order valence-corrected chi connectivity index (χ4v) is 2.58. The summed E-state index contributed by atoms with van der Waals surface area (Å²) in [4.78, 5) is 25.4. The molecule has 0 saturated carbocycles. The van der Waals surface area contributed by atoms with Crippen LogP contribution in [0.5, 0.6) is 0 Å². The van der Waals surface area contributed by atoms with E-state index in [2.05, 4.69) is 5.32 Å². The molecule has 0 unspecified atom stereocenters. The van der Waals surface area contributed by atoms with Gasteiger partial charge in [0, 0.05) is 11.3 Å². The lowest BCUT2D eigenvalue weighted by Crippen LogP contribution is -2.64. The first-order valence-electron chi connectivity index (χ1n) is 5.95. The van der Waals surface area contributed by atoms with Crippen LogP contribution >= 0.6 is 23.8 Å². The molecule has 0 aromatic heterocycles. The van der Waals surface area contributed by atoms with Crippen LogP contribution in [0.3, 0.4) is 0 Å². The maximum absolute atomic E-state index is 11.9. The van der Waals surface area contributed by atoms with E-state index in [0.29, 0.717) is 16.3 Å². The molecule has 1 aromatic rings. The normalized spacial score (nSPS) is 17.9. The number of nitrogens with two attached hydrogens (primary N) is 1. The van der Waals surface area contributed by atoms with Crippen LogP contribution in [0.2, 0.25) is 5.02 Å². The first kappa shape index (κ1) is 14.7. The first-order valence-corrected chi connectivity index (χ1v) is 6.73. The molecule has 2 rings (SSSR count). The zero-order valence-corrected chi connectivity index (χ0v) is 12.6. The van der Waals surface area contributed by atoms with Gasteiger partial charge >= 0.3 is 0 Å². The number of hydrogen-bond donors (Lipinski definition) is 2. The topological polar surface area (TPSA) is 75.4 Å². The van der Waals surface area contributed by atoms with Gasteiger partial charge in [-0.05, 0) is 32.0 Å². The Bertz CT molecular complexity index is 616. The van der Waals surface area contributed by atoms with Gasteiger partial charge in [0.1, 0.15) is 10.5 Å². The van der Waals surface area contributed by atoms with Gasteiger partial charge in [-0.2, -0.15) is 0 Å². The summed E-state index contributed by atoms with van der Waals surface area (Å²) in [5.41, 5.74) is 5.95. The minimum Gasteiger partial charge on any atom is -0.389 e. The molecule has 0 atom stereocenters. The third kappa shape index (κ3) is 2.48. The zero-order chi connectivity index (χ0) is 15.1. The third-order valence-electron chi connectivity index (χ3n) is 3.31. The highest BCUT2D eigenvalue weighted by Crippen LogP contribution is 2.30. The number of imide groups is 1. The Kier molecular flexibility index (Phi) is 3.71. The summed E-state index contributed by atoms with van der Waals surface area (Å²) in [6.07, 6.45) is 0. The molecule has 1 aliphatic heterocycles. The largest absolute Gasteiger partial charge is 0.389 e. The van der Waals surface area contributed by atoms with E-state index in [1.807, 2.05) is 0 Å². The van der Waals surface area contributed by atoms with E-state index in [4.69, 9.17) is 29.6 Å². The van der Waals surface area contributed by atoms with E-state index >= 15 is 0 Å². The van der Waals surface area contributed by atoms with Crippen molar-refractivity contribution in [3.05, 3.63) is 28.8 Å². The molecule has 7 heteroatoms. The van der Waals surface area contributed by atoms with Crippen molar-refractivity contribution in [2.45, 2.75) is 19.4 Å². The number of amides is 2. The molecule has 1 aromatic carbocycles. The molecule has 5 nitrogen and oxygen atoms in total. The summed E-state index contributed by atoms with van der Waals surface area (Å²) in [6.45, 7) is 3.57. The van der Waals surface area contributed by atoms with Crippen LogP contribution in [0, 0.1) is 0 Å². The molecular weight excluding hydrogens is 298 g/mol. The van der Waals surface area contributed by atoms with Gasteiger partial charge in [-0.3, -0.25) is 14.9 Å². The quantitative estimate of drug-likeness (QED) is 0.634. The molecule has 2 amide bonds. The van der Waals surface area contributed by atoms with Gasteiger partial charge in [0.2, 0.25) is 5.91 Å². The van der Waals surface area contributed by atoms with E-state index in [9.17, 15) is 9.59 Å². The van der Waals surface area contributed by atoms with Crippen molar-refractivity contribution in [1.82, 2.24) is 5.32 Å². The Balaban J connectivity index is 2.44. The predicted octanol–water partition coefficient (Wildman–Crippen LogP) is 1.22. The molecule has 0 bridgehead atoms. The van der Waals surface area contributed by atoms with Gasteiger partial charge in [-0.15, -0.1) is 0 Å². The number of piperazine rings is 1. The lowest BCUT2D eigenvalue weighted by Gasteiger charge is -2.41. The summed E-state index contributed by atoms with van der Waals surface area (Å²) in [7, 11) is 0. The molecule has 106 valence electrons. The number of thiocarbonyl (C=S) groups is 1. The second kappa shape index (κ2) is 5.03. The molecule has 1 aliphatic rings. The van der Waals surface area contributed by atoms with Gasteiger partial charge in [0.25, 0.3) is 5.91 Å². The Morgan fingerprint density at radius 3 is 2.65 bits per heavy atom. The molecule has 1 saturated heterocycles. The van der Waals surface area contributed by atoms with Crippen molar-refractivity contribution in [1.29, 1.82) is 0 Å². The standard InChI is InChI=1S/C13H14ClN3O2S/c1-13(2)12(19)16-10(18)6-17(13)7-3-4-8(11(15)20)9(14)5-7/h3-5H,6H2,1-2H3,(H2,15,20)(H,16,18,19). The number of halogens is 1. The highest BCUT2D eigenvalue weighted by molar-refractivity contribution is 7.80.